The maximum Gasteiger partial charge on any atom is 0.343 e. The Morgan fingerprint density at radius 2 is 2.12 bits per heavy atom. The Balaban J connectivity index is 1.72. The van der Waals surface area contributed by atoms with Gasteiger partial charge in [0.05, 0.1) is 17.1 Å². The van der Waals surface area contributed by atoms with Crippen LogP contribution in [-0.4, -0.2) is 30.8 Å². The Labute approximate surface area is 150 Å². The molecule has 0 radical (unpaired) electrons. The van der Waals surface area contributed by atoms with Crippen LogP contribution in [0.3, 0.4) is 0 Å². The number of aromatic nitrogens is 4. The van der Waals surface area contributed by atoms with Crippen molar-refractivity contribution in [2.75, 3.05) is 5.32 Å². The first kappa shape index (κ1) is 16.8. The smallest absolute Gasteiger partial charge is 0.343 e. The van der Waals surface area contributed by atoms with Crippen LogP contribution in [0.1, 0.15) is 21.6 Å². The molecule has 3 aromatic rings. The Bertz CT molecular complexity index is 931. The quantitative estimate of drug-likeness (QED) is 0.500. The van der Waals surface area contributed by atoms with Crippen LogP contribution in [0.4, 0.5) is 11.6 Å². The Morgan fingerprint density at radius 1 is 1.40 bits per heavy atom. The molecule has 0 aliphatic carbocycles. The zero-order valence-corrected chi connectivity index (χ0v) is 14.6. The number of hydrogen-bond donors (Lipinski definition) is 2. The predicted octanol–water partition coefficient (Wildman–Crippen LogP) is 2.89. The van der Waals surface area contributed by atoms with Gasteiger partial charge in [0.1, 0.15) is 0 Å². The summed E-state index contributed by atoms with van der Waals surface area (Å²) >= 11 is 3.34. The van der Waals surface area contributed by atoms with Crippen molar-refractivity contribution in [2.45, 2.75) is 13.5 Å². The van der Waals surface area contributed by atoms with Crippen molar-refractivity contribution in [1.29, 1.82) is 0 Å². The summed E-state index contributed by atoms with van der Waals surface area (Å²) in [5.41, 5.74) is 2.15. The van der Waals surface area contributed by atoms with E-state index in [0.29, 0.717) is 16.8 Å². The second-order valence-electron chi connectivity index (χ2n) is 5.36. The number of amides is 1. The third-order valence-corrected chi connectivity index (χ3v) is 3.99. The van der Waals surface area contributed by atoms with Crippen molar-refractivity contribution in [3.63, 3.8) is 0 Å². The van der Waals surface area contributed by atoms with Crippen LogP contribution >= 0.6 is 15.9 Å². The third kappa shape index (κ3) is 3.91. The Hall–Kier alpha value is -3.01. The number of nitro groups is 1. The maximum absolute atomic E-state index is 12.1. The molecule has 3 rings (SSSR count). The van der Waals surface area contributed by atoms with Crippen LogP contribution in [0.5, 0.6) is 0 Å². The molecule has 0 saturated carbocycles. The number of H-pyrrole nitrogens is 1. The second-order valence-corrected chi connectivity index (χ2v) is 6.21. The molecule has 128 valence electrons. The summed E-state index contributed by atoms with van der Waals surface area (Å²) in [6.45, 7) is 2.56. The summed E-state index contributed by atoms with van der Waals surface area (Å²) < 4.78 is 2.27. The van der Waals surface area contributed by atoms with Gasteiger partial charge in [-0.25, -0.2) is 0 Å². The summed E-state index contributed by atoms with van der Waals surface area (Å²) in [7, 11) is 0. The molecule has 1 amide bonds. The molecule has 1 aromatic carbocycles. The zero-order chi connectivity index (χ0) is 18.0. The summed E-state index contributed by atoms with van der Waals surface area (Å²) in [5.74, 6) is -0.637. The minimum Gasteiger partial charge on any atom is -0.358 e. The standard InChI is InChI=1S/C15H13BrN6O3/c1-9-2-4-10(5-3-9)7-21-8-11(16)14(20-21)17-15(23)12-6-13(19-18-12)22(24)25/h2-6,8H,7H2,1H3,(H,18,19)(H,17,20,23). The fourth-order valence-corrected chi connectivity index (χ4v) is 2.55. The number of nitrogens with one attached hydrogen (secondary N) is 2. The van der Waals surface area contributed by atoms with E-state index >= 15 is 0 Å². The van der Waals surface area contributed by atoms with Crippen LogP contribution < -0.4 is 5.32 Å². The van der Waals surface area contributed by atoms with Gasteiger partial charge in [0, 0.05) is 6.20 Å². The number of rotatable bonds is 5. The zero-order valence-electron chi connectivity index (χ0n) is 13.1. The number of halogens is 1. The van der Waals surface area contributed by atoms with Gasteiger partial charge in [0.25, 0.3) is 5.91 Å². The van der Waals surface area contributed by atoms with E-state index in [4.69, 9.17) is 0 Å². The highest BCUT2D eigenvalue weighted by Gasteiger charge is 2.18. The predicted molar refractivity (Wildman–Crippen MR) is 93.4 cm³/mol. The lowest BCUT2D eigenvalue weighted by Gasteiger charge is -2.02. The molecule has 0 saturated heterocycles. The van der Waals surface area contributed by atoms with Crippen LogP contribution in [0.25, 0.3) is 0 Å². The van der Waals surface area contributed by atoms with Crippen molar-refractivity contribution < 1.29 is 9.72 Å². The summed E-state index contributed by atoms with van der Waals surface area (Å²) in [4.78, 5) is 22.1. The molecular formula is C15H13BrN6O3. The molecule has 0 bridgehead atoms. The van der Waals surface area contributed by atoms with E-state index < -0.39 is 10.8 Å². The maximum atomic E-state index is 12.1. The minimum atomic E-state index is -0.657. The van der Waals surface area contributed by atoms with Gasteiger partial charge in [-0.3, -0.25) is 9.48 Å². The van der Waals surface area contributed by atoms with Crippen LogP contribution in [0, 0.1) is 17.0 Å². The lowest BCUT2D eigenvalue weighted by atomic mass is 10.1. The first-order valence-electron chi connectivity index (χ1n) is 7.22. The van der Waals surface area contributed by atoms with Gasteiger partial charge >= 0.3 is 5.82 Å². The fraction of sp³-hybridized carbons (Fsp3) is 0.133. The topological polar surface area (TPSA) is 119 Å². The fourth-order valence-electron chi connectivity index (χ4n) is 2.14. The lowest BCUT2D eigenvalue weighted by Crippen LogP contribution is -2.13. The second kappa shape index (κ2) is 6.85. The number of benzene rings is 1. The van der Waals surface area contributed by atoms with Gasteiger partial charge in [0.15, 0.2) is 11.5 Å². The van der Waals surface area contributed by atoms with Crippen LogP contribution in [0.2, 0.25) is 0 Å². The van der Waals surface area contributed by atoms with Gasteiger partial charge < -0.3 is 15.4 Å². The van der Waals surface area contributed by atoms with Gasteiger partial charge in [0.2, 0.25) is 0 Å². The molecule has 25 heavy (non-hydrogen) atoms. The average molecular weight is 405 g/mol. The molecule has 0 aliphatic heterocycles. The molecule has 2 aromatic heterocycles. The van der Waals surface area contributed by atoms with Gasteiger partial charge in [-0.15, -0.1) is 5.10 Å². The van der Waals surface area contributed by atoms with Crippen molar-refractivity contribution in [2.24, 2.45) is 0 Å². The first-order valence-corrected chi connectivity index (χ1v) is 8.01. The van der Waals surface area contributed by atoms with E-state index in [2.05, 4.69) is 36.5 Å². The van der Waals surface area contributed by atoms with Gasteiger partial charge in [-0.05, 0) is 33.3 Å². The van der Waals surface area contributed by atoms with Crippen molar-refractivity contribution in [3.8, 4) is 0 Å². The largest absolute Gasteiger partial charge is 0.358 e. The van der Waals surface area contributed by atoms with Crippen molar-refractivity contribution in [3.05, 3.63) is 67.9 Å². The van der Waals surface area contributed by atoms with E-state index in [-0.39, 0.29) is 11.5 Å². The van der Waals surface area contributed by atoms with E-state index in [1.807, 2.05) is 31.2 Å². The molecule has 9 nitrogen and oxygen atoms in total. The third-order valence-electron chi connectivity index (χ3n) is 3.41. The Kier molecular flexibility index (Phi) is 4.61. The van der Waals surface area contributed by atoms with Crippen LogP contribution in [-0.2, 0) is 6.54 Å². The summed E-state index contributed by atoms with van der Waals surface area (Å²) in [5, 5.41) is 23.3. The highest BCUT2D eigenvalue weighted by molar-refractivity contribution is 9.10. The monoisotopic (exact) mass is 404 g/mol. The SMILES string of the molecule is Cc1ccc(Cn2cc(Br)c(NC(=O)c3cc([N+](=O)[O-])[nH]n3)n2)cc1. The summed E-state index contributed by atoms with van der Waals surface area (Å²) in [6, 6.07) is 9.10. The number of nitrogens with zero attached hydrogens (tertiary/aromatic N) is 4. The molecule has 2 N–H and O–H groups in total. The highest BCUT2D eigenvalue weighted by Crippen LogP contribution is 2.21. The molecule has 10 heteroatoms. The highest BCUT2D eigenvalue weighted by atomic mass is 79.9. The van der Waals surface area contributed by atoms with E-state index in [0.717, 1.165) is 11.6 Å². The number of aromatic amines is 1. The average Bonchev–Trinajstić information content (AvgIpc) is 3.17. The number of carbonyl (C=O) groups excluding carboxylic acids is 1. The van der Waals surface area contributed by atoms with Crippen molar-refractivity contribution in [1.82, 2.24) is 20.0 Å². The minimum absolute atomic E-state index is 0.0910. The van der Waals surface area contributed by atoms with Gasteiger partial charge in [-0.1, -0.05) is 34.9 Å². The lowest BCUT2D eigenvalue weighted by molar-refractivity contribution is -0.389. The van der Waals surface area contributed by atoms with E-state index in [1.54, 1.807) is 10.9 Å². The van der Waals surface area contributed by atoms with Gasteiger partial charge in [-0.2, -0.15) is 5.10 Å². The van der Waals surface area contributed by atoms with Crippen LogP contribution in [0.15, 0.2) is 41.0 Å². The molecule has 0 aliphatic rings. The number of aryl methyl sites for hydroxylation is 1. The van der Waals surface area contributed by atoms with E-state index in [1.165, 1.54) is 5.56 Å². The number of anilines is 1. The molecular weight excluding hydrogens is 392 g/mol. The molecule has 2 heterocycles. The first-order chi connectivity index (χ1) is 11.9. The Morgan fingerprint density at radius 3 is 2.76 bits per heavy atom. The van der Waals surface area contributed by atoms with E-state index in [9.17, 15) is 14.9 Å². The normalized spacial score (nSPS) is 10.6. The molecule has 0 fully saturated rings. The number of hydrogen-bond acceptors (Lipinski definition) is 5. The molecule has 0 unspecified atom stereocenters. The molecule has 0 atom stereocenters. The number of carbonyl (C=O) groups is 1. The van der Waals surface area contributed by atoms with Crippen molar-refractivity contribution >= 4 is 33.5 Å². The summed E-state index contributed by atoms with van der Waals surface area (Å²) in [6.07, 6.45) is 1.74. The molecule has 0 spiro atoms.